The van der Waals surface area contributed by atoms with E-state index >= 15 is 0 Å². The molecule has 2 rings (SSSR count). The smallest absolute Gasteiger partial charge is 0.333 e. The minimum Gasteiger partial charge on any atom is -0.469 e. The van der Waals surface area contributed by atoms with Crippen molar-refractivity contribution in [2.24, 2.45) is 5.92 Å². The second kappa shape index (κ2) is 7.57. The summed E-state index contributed by atoms with van der Waals surface area (Å²) in [5, 5.41) is 0. The van der Waals surface area contributed by atoms with Gasteiger partial charge in [0.15, 0.2) is 0 Å². The quantitative estimate of drug-likeness (QED) is 0.568. The van der Waals surface area contributed by atoms with Gasteiger partial charge in [-0.2, -0.15) is 0 Å². The number of hydrogen-bond acceptors (Lipinski definition) is 5. The number of amides is 4. The van der Waals surface area contributed by atoms with Crippen molar-refractivity contribution < 1.29 is 23.9 Å². The van der Waals surface area contributed by atoms with Crippen LogP contribution in [-0.2, 0) is 19.1 Å². The van der Waals surface area contributed by atoms with Gasteiger partial charge in [0.2, 0.25) is 11.8 Å². The molecule has 128 valence electrons. The maximum absolute atomic E-state index is 12.5. The van der Waals surface area contributed by atoms with Gasteiger partial charge in [0, 0.05) is 12.6 Å². The van der Waals surface area contributed by atoms with Gasteiger partial charge in [0.25, 0.3) is 0 Å². The van der Waals surface area contributed by atoms with Gasteiger partial charge in [-0.15, -0.1) is 0 Å². The lowest BCUT2D eigenvalue weighted by Crippen LogP contribution is -2.59. The maximum atomic E-state index is 12.5. The Morgan fingerprint density at radius 3 is 2.35 bits per heavy atom. The lowest BCUT2D eigenvalue weighted by atomic mass is 9.85. The van der Waals surface area contributed by atoms with Crippen molar-refractivity contribution in [3.05, 3.63) is 0 Å². The van der Waals surface area contributed by atoms with Crippen LogP contribution in [0.5, 0.6) is 0 Å². The molecule has 1 aliphatic carbocycles. The van der Waals surface area contributed by atoms with Crippen LogP contribution in [0.1, 0.15) is 51.9 Å². The summed E-state index contributed by atoms with van der Waals surface area (Å²) in [7, 11) is 1.36. The largest absolute Gasteiger partial charge is 0.469 e. The van der Waals surface area contributed by atoms with Crippen molar-refractivity contribution in [2.45, 2.75) is 57.9 Å². The zero-order chi connectivity index (χ0) is 17.0. The second-order valence-corrected chi connectivity index (χ2v) is 6.15. The minimum absolute atomic E-state index is 0.163. The van der Waals surface area contributed by atoms with E-state index in [1.165, 1.54) is 16.9 Å². The number of carbonyl (C=O) groups excluding carboxylic acids is 4. The van der Waals surface area contributed by atoms with Crippen molar-refractivity contribution in [3.63, 3.8) is 0 Å². The first-order valence-corrected chi connectivity index (χ1v) is 8.23. The molecular formula is C16H24N2O5. The van der Waals surface area contributed by atoms with E-state index in [1.807, 2.05) is 6.92 Å². The van der Waals surface area contributed by atoms with Crippen LogP contribution in [0.3, 0.4) is 0 Å². The topological polar surface area (TPSA) is 84.0 Å². The first-order chi connectivity index (χ1) is 11.0. The van der Waals surface area contributed by atoms with Crippen LogP contribution in [0.25, 0.3) is 0 Å². The van der Waals surface area contributed by atoms with Gasteiger partial charge in [-0.3, -0.25) is 24.2 Å². The van der Waals surface area contributed by atoms with E-state index in [2.05, 4.69) is 0 Å². The summed E-state index contributed by atoms with van der Waals surface area (Å²) in [6.45, 7) is 2.34. The summed E-state index contributed by atoms with van der Waals surface area (Å²) in [4.78, 5) is 50.6. The predicted molar refractivity (Wildman–Crippen MR) is 81.2 cm³/mol. The average Bonchev–Trinajstić information content (AvgIpc) is 2.54. The van der Waals surface area contributed by atoms with Crippen LogP contribution in [0, 0.1) is 5.92 Å². The molecule has 1 saturated heterocycles. The Balaban J connectivity index is 2.03. The SMILES string of the molecule is CCCCN1C(=O)CC(=O)N(C2CCC(C(=O)OC)CC2)C1=O. The van der Waals surface area contributed by atoms with E-state index < -0.39 is 17.8 Å². The summed E-state index contributed by atoms with van der Waals surface area (Å²) in [5.74, 6) is -1.23. The number of unbranched alkanes of at least 4 members (excludes halogenated alkanes) is 1. The molecule has 0 bridgehead atoms. The molecule has 0 N–H and O–H groups in total. The molecule has 2 fully saturated rings. The van der Waals surface area contributed by atoms with Crippen LogP contribution >= 0.6 is 0 Å². The van der Waals surface area contributed by atoms with E-state index in [-0.39, 0.29) is 24.3 Å². The second-order valence-electron chi connectivity index (χ2n) is 6.15. The number of hydrogen-bond donors (Lipinski definition) is 0. The Morgan fingerprint density at radius 1 is 1.13 bits per heavy atom. The fourth-order valence-corrected chi connectivity index (χ4v) is 3.29. The lowest BCUT2D eigenvalue weighted by molar-refractivity contribution is -0.147. The highest BCUT2D eigenvalue weighted by Gasteiger charge is 2.42. The molecule has 7 nitrogen and oxygen atoms in total. The molecule has 7 heteroatoms. The highest BCUT2D eigenvalue weighted by atomic mass is 16.5. The van der Waals surface area contributed by atoms with Gasteiger partial charge in [-0.25, -0.2) is 4.79 Å². The highest BCUT2D eigenvalue weighted by molar-refractivity contribution is 6.14. The number of urea groups is 1. The molecule has 23 heavy (non-hydrogen) atoms. The summed E-state index contributed by atoms with van der Waals surface area (Å²) >= 11 is 0. The Morgan fingerprint density at radius 2 is 1.78 bits per heavy atom. The molecule has 0 aromatic heterocycles. The summed E-state index contributed by atoms with van der Waals surface area (Å²) in [5.41, 5.74) is 0. The Labute approximate surface area is 135 Å². The van der Waals surface area contributed by atoms with Crippen molar-refractivity contribution >= 4 is 23.8 Å². The molecule has 0 aromatic rings. The van der Waals surface area contributed by atoms with Crippen LogP contribution in [0.4, 0.5) is 4.79 Å². The molecule has 0 unspecified atom stereocenters. The number of methoxy groups -OCH3 is 1. The molecule has 1 aliphatic heterocycles. The molecule has 0 aromatic carbocycles. The van der Waals surface area contributed by atoms with Gasteiger partial charge in [-0.1, -0.05) is 13.3 Å². The van der Waals surface area contributed by atoms with E-state index in [1.54, 1.807) is 0 Å². The molecule has 1 saturated carbocycles. The van der Waals surface area contributed by atoms with E-state index in [0.717, 1.165) is 12.8 Å². The third kappa shape index (κ3) is 3.71. The molecule has 0 spiro atoms. The highest BCUT2D eigenvalue weighted by Crippen LogP contribution is 2.30. The average molecular weight is 324 g/mol. The zero-order valence-electron chi connectivity index (χ0n) is 13.7. The number of esters is 1. The number of rotatable bonds is 5. The van der Waals surface area contributed by atoms with Crippen molar-refractivity contribution in [2.75, 3.05) is 13.7 Å². The molecule has 2 aliphatic rings. The fraction of sp³-hybridized carbons (Fsp3) is 0.750. The van der Waals surface area contributed by atoms with E-state index in [0.29, 0.717) is 32.2 Å². The lowest BCUT2D eigenvalue weighted by Gasteiger charge is -2.39. The van der Waals surface area contributed by atoms with Crippen LogP contribution in [0.15, 0.2) is 0 Å². The van der Waals surface area contributed by atoms with Gasteiger partial charge in [-0.05, 0) is 32.1 Å². The van der Waals surface area contributed by atoms with Crippen molar-refractivity contribution in [1.29, 1.82) is 0 Å². The van der Waals surface area contributed by atoms with Gasteiger partial charge in [0.05, 0.1) is 13.0 Å². The van der Waals surface area contributed by atoms with E-state index in [4.69, 9.17) is 4.74 Å². The molecular weight excluding hydrogens is 300 g/mol. The number of nitrogens with zero attached hydrogens (tertiary/aromatic N) is 2. The number of imide groups is 2. The van der Waals surface area contributed by atoms with Gasteiger partial charge < -0.3 is 4.74 Å². The molecule has 0 radical (unpaired) electrons. The van der Waals surface area contributed by atoms with Crippen molar-refractivity contribution in [3.8, 4) is 0 Å². The number of ether oxygens (including phenoxy) is 1. The van der Waals surface area contributed by atoms with Crippen LogP contribution < -0.4 is 0 Å². The van der Waals surface area contributed by atoms with Crippen LogP contribution in [-0.4, -0.2) is 53.3 Å². The Kier molecular flexibility index (Phi) is 5.74. The van der Waals surface area contributed by atoms with E-state index in [9.17, 15) is 19.2 Å². The zero-order valence-corrected chi connectivity index (χ0v) is 13.7. The van der Waals surface area contributed by atoms with Gasteiger partial charge >= 0.3 is 12.0 Å². The Hall–Kier alpha value is -1.92. The molecule has 0 atom stereocenters. The summed E-state index contributed by atoms with van der Waals surface area (Å²) in [6.07, 6.45) is 3.70. The monoisotopic (exact) mass is 324 g/mol. The standard InChI is InChI=1S/C16H24N2O5/c1-3-4-9-17-13(19)10-14(20)18(16(17)22)12-7-5-11(6-8-12)15(21)23-2/h11-12H,3-10H2,1-2H3. The molecule has 4 amide bonds. The predicted octanol–water partition coefficient (Wildman–Crippen LogP) is 1.70. The third-order valence-corrected chi connectivity index (χ3v) is 4.64. The minimum atomic E-state index is -0.499. The number of barbiturate groups is 1. The molecule has 1 heterocycles. The fourth-order valence-electron chi connectivity index (χ4n) is 3.29. The first kappa shape index (κ1) is 17.4. The van der Waals surface area contributed by atoms with Gasteiger partial charge in [0.1, 0.15) is 6.42 Å². The summed E-state index contributed by atoms with van der Waals surface area (Å²) < 4.78 is 4.75. The Bertz CT molecular complexity index is 497. The first-order valence-electron chi connectivity index (χ1n) is 8.23. The third-order valence-electron chi connectivity index (χ3n) is 4.64. The maximum Gasteiger partial charge on any atom is 0.333 e. The number of carbonyl (C=O) groups is 4. The summed E-state index contributed by atoms with van der Waals surface area (Å²) in [6, 6.07) is -0.727. The van der Waals surface area contributed by atoms with Crippen LogP contribution in [0.2, 0.25) is 0 Å². The van der Waals surface area contributed by atoms with Crippen molar-refractivity contribution in [1.82, 2.24) is 9.80 Å². The normalized spacial score (nSPS) is 25.7.